The van der Waals surface area contributed by atoms with Crippen molar-refractivity contribution in [2.45, 2.75) is 5.03 Å². The van der Waals surface area contributed by atoms with E-state index in [4.69, 9.17) is 19.2 Å². The molecule has 4 rings (SSSR count). The van der Waals surface area contributed by atoms with Crippen molar-refractivity contribution in [1.29, 1.82) is 5.26 Å². The molecule has 1 heterocycles. The highest BCUT2D eigenvalue weighted by Crippen LogP contribution is 2.38. The SMILES string of the molecule is COc1ccc(NC(=O)CSc2nc(-c3ccccc3)cc(-c3ccc(OC)c(OC)c3)c2C#N)cc1. The zero-order chi connectivity index (χ0) is 26.2. The van der Waals surface area contributed by atoms with Crippen LogP contribution in [0.4, 0.5) is 5.69 Å². The summed E-state index contributed by atoms with van der Waals surface area (Å²) in [7, 11) is 4.73. The highest BCUT2D eigenvalue weighted by molar-refractivity contribution is 8.00. The van der Waals surface area contributed by atoms with Gasteiger partial charge in [0.1, 0.15) is 16.8 Å². The van der Waals surface area contributed by atoms with Crippen LogP contribution in [0.1, 0.15) is 5.56 Å². The number of nitrogens with one attached hydrogen (secondary N) is 1. The molecule has 0 saturated heterocycles. The van der Waals surface area contributed by atoms with Crippen molar-refractivity contribution < 1.29 is 19.0 Å². The third-order valence-electron chi connectivity index (χ3n) is 5.58. The largest absolute Gasteiger partial charge is 0.497 e. The molecule has 1 aromatic heterocycles. The van der Waals surface area contributed by atoms with E-state index in [0.29, 0.717) is 44.8 Å². The van der Waals surface area contributed by atoms with Gasteiger partial charge < -0.3 is 19.5 Å². The van der Waals surface area contributed by atoms with E-state index in [1.165, 1.54) is 11.8 Å². The molecule has 8 heteroatoms. The zero-order valence-electron chi connectivity index (χ0n) is 20.6. The molecule has 1 amide bonds. The molecule has 0 saturated carbocycles. The number of anilines is 1. The molecule has 37 heavy (non-hydrogen) atoms. The number of nitriles is 1. The number of nitrogens with zero attached hydrogens (tertiary/aromatic N) is 2. The van der Waals surface area contributed by atoms with E-state index in [1.54, 1.807) is 51.7 Å². The lowest BCUT2D eigenvalue weighted by molar-refractivity contribution is -0.113. The topological polar surface area (TPSA) is 93.5 Å². The molecular weight excluding hydrogens is 486 g/mol. The summed E-state index contributed by atoms with van der Waals surface area (Å²) < 4.78 is 16.0. The monoisotopic (exact) mass is 511 g/mol. The maximum absolute atomic E-state index is 12.7. The Morgan fingerprint density at radius 3 is 2.27 bits per heavy atom. The third-order valence-corrected chi connectivity index (χ3v) is 6.55. The summed E-state index contributed by atoms with van der Waals surface area (Å²) >= 11 is 1.22. The van der Waals surface area contributed by atoms with Crippen molar-refractivity contribution in [1.82, 2.24) is 4.98 Å². The number of thioether (sulfide) groups is 1. The zero-order valence-corrected chi connectivity index (χ0v) is 21.5. The molecule has 1 N–H and O–H groups in total. The normalized spacial score (nSPS) is 10.3. The Balaban J connectivity index is 1.69. The van der Waals surface area contributed by atoms with Crippen LogP contribution in [0, 0.1) is 11.3 Å². The van der Waals surface area contributed by atoms with E-state index in [9.17, 15) is 10.1 Å². The second-order valence-electron chi connectivity index (χ2n) is 7.85. The quantitative estimate of drug-likeness (QED) is 0.274. The minimum Gasteiger partial charge on any atom is -0.497 e. The van der Waals surface area contributed by atoms with Gasteiger partial charge in [-0.15, -0.1) is 0 Å². The molecule has 4 aromatic rings. The molecule has 0 aliphatic rings. The van der Waals surface area contributed by atoms with Crippen LogP contribution in [0.15, 0.2) is 83.9 Å². The number of amides is 1. The highest BCUT2D eigenvalue weighted by Gasteiger charge is 2.18. The summed E-state index contributed by atoms with van der Waals surface area (Å²) in [5.74, 6) is 1.72. The Labute approximate surface area is 220 Å². The second-order valence-corrected chi connectivity index (χ2v) is 8.81. The molecule has 0 aliphatic carbocycles. The van der Waals surface area contributed by atoms with Crippen LogP contribution in [0.2, 0.25) is 0 Å². The van der Waals surface area contributed by atoms with E-state index < -0.39 is 0 Å². The highest BCUT2D eigenvalue weighted by atomic mass is 32.2. The number of hydrogen-bond acceptors (Lipinski definition) is 7. The molecule has 0 aliphatic heterocycles. The van der Waals surface area contributed by atoms with Crippen molar-refractivity contribution in [3.05, 3.63) is 84.4 Å². The lowest BCUT2D eigenvalue weighted by Crippen LogP contribution is -2.14. The fourth-order valence-corrected chi connectivity index (χ4v) is 4.53. The number of methoxy groups -OCH3 is 3. The average Bonchev–Trinajstić information content (AvgIpc) is 2.96. The lowest BCUT2D eigenvalue weighted by atomic mass is 9.99. The van der Waals surface area contributed by atoms with Gasteiger partial charge >= 0.3 is 0 Å². The number of pyridine rings is 1. The van der Waals surface area contributed by atoms with Gasteiger partial charge in [-0.1, -0.05) is 48.2 Å². The van der Waals surface area contributed by atoms with Crippen LogP contribution in [0.3, 0.4) is 0 Å². The Morgan fingerprint density at radius 2 is 1.62 bits per heavy atom. The summed E-state index contributed by atoms with van der Waals surface area (Å²) in [4.78, 5) is 17.5. The number of aromatic nitrogens is 1. The van der Waals surface area contributed by atoms with Gasteiger partial charge in [-0.2, -0.15) is 5.26 Å². The van der Waals surface area contributed by atoms with E-state index in [2.05, 4.69) is 11.4 Å². The van der Waals surface area contributed by atoms with Crippen molar-refractivity contribution in [2.75, 3.05) is 32.4 Å². The van der Waals surface area contributed by atoms with Crippen LogP contribution < -0.4 is 19.5 Å². The molecular formula is C29H25N3O4S. The summed E-state index contributed by atoms with van der Waals surface area (Å²) in [6, 6.07) is 26.5. The van der Waals surface area contributed by atoms with Crippen LogP contribution in [-0.4, -0.2) is 38.0 Å². The predicted octanol–water partition coefficient (Wildman–Crippen LogP) is 6.04. The number of hydrogen-bond donors (Lipinski definition) is 1. The first-order valence-electron chi connectivity index (χ1n) is 11.4. The van der Waals surface area contributed by atoms with Crippen molar-refractivity contribution >= 4 is 23.4 Å². The van der Waals surface area contributed by atoms with E-state index >= 15 is 0 Å². The van der Waals surface area contributed by atoms with Gasteiger partial charge in [0.05, 0.1) is 38.3 Å². The van der Waals surface area contributed by atoms with E-state index in [0.717, 1.165) is 11.1 Å². The molecule has 186 valence electrons. The summed E-state index contributed by atoms with van der Waals surface area (Å²) in [6.07, 6.45) is 0. The van der Waals surface area contributed by atoms with Crippen molar-refractivity contribution in [3.8, 4) is 45.7 Å². The van der Waals surface area contributed by atoms with Crippen molar-refractivity contribution in [3.63, 3.8) is 0 Å². The number of carbonyl (C=O) groups excluding carboxylic acids is 1. The maximum Gasteiger partial charge on any atom is 0.234 e. The van der Waals surface area contributed by atoms with E-state index in [1.807, 2.05) is 48.5 Å². The van der Waals surface area contributed by atoms with Gasteiger partial charge in [0.25, 0.3) is 0 Å². The lowest BCUT2D eigenvalue weighted by Gasteiger charge is -2.14. The molecule has 3 aromatic carbocycles. The number of rotatable bonds is 9. The first-order chi connectivity index (χ1) is 18.1. The number of ether oxygens (including phenoxy) is 3. The molecule has 0 atom stereocenters. The van der Waals surface area contributed by atoms with Crippen LogP contribution in [0.5, 0.6) is 17.2 Å². The average molecular weight is 512 g/mol. The number of carbonyl (C=O) groups is 1. The standard InChI is InChI=1S/C29H25N3O4S/c1-34-22-12-10-21(11-13-22)31-28(33)18-37-29-24(17-30)23(16-25(32-29)19-7-5-4-6-8-19)20-9-14-26(35-2)27(15-20)36-3/h4-16H,18H2,1-3H3,(H,31,33). The van der Waals surface area contributed by atoms with Gasteiger partial charge in [0, 0.05) is 16.8 Å². The maximum atomic E-state index is 12.7. The van der Waals surface area contributed by atoms with Gasteiger partial charge in [-0.25, -0.2) is 4.98 Å². The first-order valence-corrected chi connectivity index (χ1v) is 12.3. The van der Waals surface area contributed by atoms with Crippen LogP contribution >= 0.6 is 11.8 Å². The van der Waals surface area contributed by atoms with Gasteiger partial charge in [0.15, 0.2) is 11.5 Å². The van der Waals surface area contributed by atoms with Gasteiger partial charge in [0.2, 0.25) is 5.91 Å². The Kier molecular flexibility index (Phi) is 8.29. The predicted molar refractivity (Wildman–Crippen MR) is 145 cm³/mol. The third kappa shape index (κ3) is 6.02. The summed E-state index contributed by atoms with van der Waals surface area (Å²) in [5, 5.41) is 13.5. The Hall–Kier alpha value is -4.48. The summed E-state index contributed by atoms with van der Waals surface area (Å²) in [6.45, 7) is 0. The molecule has 0 bridgehead atoms. The minimum atomic E-state index is -0.210. The van der Waals surface area contributed by atoms with E-state index in [-0.39, 0.29) is 11.7 Å². The number of benzene rings is 3. The second kappa shape index (κ2) is 12.0. The molecule has 0 radical (unpaired) electrons. The van der Waals surface area contributed by atoms with Crippen LogP contribution in [-0.2, 0) is 4.79 Å². The molecule has 0 unspecified atom stereocenters. The Morgan fingerprint density at radius 1 is 0.892 bits per heavy atom. The molecule has 0 spiro atoms. The fourth-order valence-electron chi connectivity index (χ4n) is 3.73. The first kappa shape index (κ1) is 25.6. The van der Waals surface area contributed by atoms with Gasteiger partial charge in [-0.3, -0.25) is 4.79 Å². The molecule has 7 nitrogen and oxygen atoms in total. The summed E-state index contributed by atoms with van der Waals surface area (Å²) in [5.41, 5.74) is 4.10. The fraction of sp³-hybridized carbons (Fsp3) is 0.138. The molecule has 0 fully saturated rings. The van der Waals surface area contributed by atoms with Crippen LogP contribution in [0.25, 0.3) is 22.4 Å². The van der Waals surface area contributed by atoms with Gasteiger partial charge in [-0.05, 0) is 48.0 Å². The Bertz CT molecular complexity index is 1430. The minimum absolute atomic E-state index is 0.0807. The smallest absolute Gasteiger partial charge is 0.234 e. The van der Waals surface area contributed by atoms with Crippen molar-refractivity contribution in [2.24, 2.45) is 0 Å².